The number of hydrogen-bond donors (Lipinski definition) is 4. The summed E-state index contributed by atoms with van der Waals surface area (Å²) in [5.74, 6) is 7.12. The van der Waals surface area contributed by atoms with Crippen molar-refractivity contribution < 1.29 is 5.11 Å². The van der Waals surface area contributed by atoms with E-state index in [0.29, 0.717) is 17.6 Å². The molecular formula is C13H22N6O. The van der Waals surface area contributed by atoms with Crippen LogP contribution in [-0.2, 0) is 0 Å². The first-order valence-corrected chi connectivity index (χ1v) is 6.93. The molecule has 0 spiro atoms. The van der Waals surface area contributed by atoms with Crippen molar-refractivity contribution in [3.63, 3.8) is 0 Å². The molecule has 20 heavy (non-hydrogen) atoms. The fourth-order valence-electron chi connectivity index (χ4n) is 2.30. The van der Waals surface area contributed by atoms with Crippen molar-refractivity contribution in [3.05, 3.63) is 18.6 Å². The van der Waals surface area contributed by atoms with E-state index in [0.717, 1.165) is 31.5 Å². The summed E-state index contributed by atoms with van der Waals surface area (Å²) < 4.78 is 1.87. The van der Waals surface area contributed by atoms with E-state index in [1.807, 2.05) is 10.6 Å². The number of aliphatic hydroxyl groups is 1. The van der Waals surface area contributed by atoms with Crippen LogP contribution >= 0.6 is 0 Å². The lowest BCUT2D eigenvalue weighted by molar-refractivity contribution is 0.255. The van der Waals surface area contributed by atoms with Gasteiger partial charge in [-0.05, 0) is 18.8 Å². The third kappa shape index (κ3) is 3.37. The second-order valence-electron chi connectivity index (χ2n) is 4.83. The number of nitrogens with one attached hydrogen (secondary N) is 2. The Hall–Kier alpha value is -1.86. The standard InChI is InChI=1S/C13H22N6O/c1-2-3-10(4-7-20)8-16-12-13-15-5-6-19(13)9-11(17-12)18-14/h5-6,9-10,18,20H,2-4,7-8,14H2,1H3,(H,16,17). The van der Waals surface area contributed by atoms with Crippen molar-refractivity contribution in [2.24, 2.45) is 11.8 Å². The van der Waals surface area contributed by atoms with Gasteiger partial charge in [-0.2, -0.15) is 0 Å². The van der Waals surface area contributed by atoms with E-state index in [1.165, 1.54) is 0 Å². The molecule has 0 amide bonds. The highest BCUT2D eigenvalue weighted by molar-refractivity contribution is 5.65. The van der Waals surface area contributed by atoms with E-state index in [1.54, 1.807) is 12.4 Å². The van der Waals surface area contributed by atoms with Crippen molar-refractivity contribution in [1.29, 1.82) is 0 Å². The Balaban J connectivity index is 2.13. The molecule has 0 aromatic carbocycles. The SMILES string of the molecule is CCCC(CCO)CNc1nc(NN)cn2ccnc12. The van der Waals surface area contributed by atoms with Gasteiger partial charge in [-0.25, -0.2) is 15.8 Å². The van der Waals surface area contributed by atoms with E-state index in [-0.39, 0.29) is 6.61 Å². The monoisotopic (exact) mass is 278 g/mol. The van der Waals surface area contributed by atoms with Crippen molar-refractivity contribution in [1.82, 2.24) is 14.4 Å². The van der Waals surface area contributed by atoms with Crippen LogP contribution in [0, 0.1) is 5.92 Å². The normalized spacial score (nSPS) is 12.6. The number of aliphatic hydroxyl groups excluding tert-OH is 1. The van der Waals surface area contributed by atoms with Gasteiger partial charge in [0.2, 0.25) is 0 Å². The Bertz CT molecular complexity index is 535. The van der Waals surface area contributed by atoms with Gasteiger partial charge in [-0.15, -0.1) is 0 Å². The van der Waals surface area contributed by atoms with Crippen LogP contribution in [0.3, 0.4) is 0 Å². The predicted molar refractivity (Wildman–Crippen MR) is 79.4 cm³/mol. The smallest absolute Gasteiger partial charge is 0.180 e. The summed E-state index contributed by atoms with van der Waals surface area (Å²) in [7, 11) is 0. The van der Waals surface area contributed by atoms with Crippen molar-refractivity contribution in [3.8, 4) is 0 Å². The van der Waals surface area contributed by atoms with Gasteiger partial charge in [0.05, 0.1) is 6.20 Å². The maximum absolute atomic E-state index is 9.09. The van der Waals surface area contributed by atoms with Gasteiger partial charge in [-0.3, -0.25) is 0 Å². The van der Waals surface area contributed by atoms with Gasteiger partial charge in [0.15, 0.2) is 17.3 Å². The molecular weight excluding hydrogens is 256 g/mol. The maximum atomic E-state index is 9.09. The van der Waals surface area contributed by atoms with Crippen LogP contribution in [0.15, 0.2) is 18.6 Å². The Labute approximate surface area is 118 Å². The van der Waals surface area contributed by atoms with Crippen LogP contribution in [0.25, 0.3) is 5.65 Å². The minimum Gasteiger partial charge on any atom is -0.396 e. The summed E-state index contributed by atoms with van der Waals surface area (Å²) in [4.78, 5) is 8.67. The van der Waals surface area contributed by atoms with Gasteiger partial charge >= 0.3 is 0 Å². The Morgan fingerprint density at radius 2 is 2.30 bits per heavy atom. The second-order valence-corrected chi connectivity index (χ2v) is 4.83. The van der Waals surface area contributed by atoms with Crippen LogP contribution in [-0.4, -0.2) is 32.6 Å². The molecule has 2 aromatic heterocycles. The maximum Gasteiger partial charge on any atom is 0.180 e. The number of fused-ring (bicyclic) bond motifs is 1. The van der Waals surface area contributed by atoms with E-state index >= 15 is 0 Å². The average Bonchev–Trinajstić information content (AvgIpc) is 2.93. The van der Waals surface area contributed by atoms with Gasteiger partial charge in [0, 0.05) is 25.5 Å². The lowest BCUT2D eigenvalue weighted by Crippen LogP contribution is -2.18. The van der Waals surface area contributed by atoms with Crippen LogP contribution < -0.4 is 16.6 Å². The van der Waals surface area contributed by atoms with E-state index < -0.39 is 0 Å². The van der Waals surface area contributed by atoms with E-state index in [2.05, 4.69) is 27.6 Å². The number of anilines is 2. The number of nitrogen functional groups attached to an aromatic ring is 1. The number of rotatable bonds is 8. The van der Waals surface area contributed by atoms with Crippen LogP contribution in [0.2, 0.25) is 0 Å². The molecule has 0 aliphatic carbocycles. The molecule has 110 valence electrons. The highest BCUT2D eigenvalue weighted by atomic mass is 16.3. The third-order valence-electron chi connectivity index (χ3n) is 3.31. The Kier molecular flexibility index (Phi) is 5.14. The quantitative estimate of drug-likeness (QED) is 0.428. The van der Waals surface area contributed by atoms with Crippen molar-refractivity contribution in [2.75, 3.05) is 23.9 Å². The summed E-state index contributed by atoms with van der Waals surface area (Å²) in [6.45, 7) is 3.12. The Morgan fingerprint density at radius 3 is 3.00 bits per heavy atom. The number of aromatic nitrogens is 3. The summed E-state index contributed by atoms with van der Waals surface area (Å²) in [5.41, 5.74) is 3.31. The summed E-state index contributed by atoms with van der Waals surface area (Å²) in [6.07, 6.45) is 8.32. The molecule has 7 heteroatoms. The zero-order valence-corrected chi connectivity index (χ0v) is 11.7. The molecule has 0 bridgehead atoms. The highest BCUT2D eigenvalue weighted by Crippen LogP contribution is 2.18. The fraction of sp³-hybridized carbons (Fsp3) is 0.538. The molecule has 0 saturated carbocycles. The molecule has 0 aliphatic rings. The number of hydrogen-bond acceptors (Lipinski definition) is 6. The number of hydrazine groups is 1. The molecule has 0 radical (unpaired) electrons. The predicted octanol–water partition coefficient (Wildman–Crippen LogP) is 1.23. The number of imidazole rings is 1. The molecule has 2 heterocycles. The largest absolute Gasteiger partial charge is 0.396 e. The van der Waals surface area contributed by atoms with Crippen molar-refractivity contribution in [2.45, 2.75) is 26.2 Å². The van der Waals surface area contributed by atoms with Gasteiger partial charge in [-0.1, -0.05) is 13.3 Å². The minimum absolute atomic E-state index is 0.211. The first kappa shape index (κ1) is 14.5. The minimum atomic E-state index is 0.211. The second kappa shape index (κ2) is 7.06. The molecule has 0 saturated heterocycles. The molecule has 2 rings (SSSR count). The van der Waals surface area contributed by atoms with Crippen LogP contribution in [0.5, 0.6) is 0 Å². The van der Waals surface area contributed by atoms with E-state index in [4.69, 9.17) is 10.9 Å². The van der Waals surface area contributed by atoms with Gasteiger partial charge < -0.3 is 20.2 Å². The average molecular weight is 278 g/mol. The zero-order valence-electron chi connectivity index (χ0n) is 11.7. The van der Waals surface area contributed by atoms with Gasteiger partial charge in [0.1, 0.15) is 0 Å². The number of nitrogens with two attached hydrogens (primary N) is 1. The molecule has 1 atom stereocenters. The van der Waals surface area contributed by atoms with Crippen LogP contribution in [0.4, 0.5) is 11.6 Å². The summed E-state index contributed by atoms with van der Waals surface area (Å²) in [5, 5.41) is 12.4. The first-order valence-electron chi connectivity index (χ1n) is 6.93. The molecule has 7 nitrogen and oxygen atoms in total. The summed E-state index contributed by atoms with van der Waals surface area (Å²) >= 11 is 0. The number of nitrogens with zero attached hydrogens (tertiary/aromatic N) is 3. The van der Waals surface area contributed by atoms with Gasteiger partial charge in [0.25, 0.3) is 0 Å². The molecule has 5 N–H and O–H groups in total. The summed E-state index contributed by atoms with van der Waals surface area (Å²) in [6, 6.07) is 0. The topological polar surface area (TPSA) is 100 Å². The van der Waals surface area contributed by atoms with Crippen molar-refractivity contribution >= 4 is 17.3 Å². The van der Waals surface area contributed by atoms with E-state index in [9.17, 15) is 0 Å². The molecule has 0 aliphatic heterocycles. The van der Waals surface area contributed by atoms with Crippen LogP contribution in [0.1, 0.15) is 26.2 Å². The molecule has 1 unspecified atom stereocenters. The zero-order chi connectivity index (χ0) is 14.4. The lowest BCUT2D eigenvalue weighted by atomic mass is 10.0. The lowest BCUT2D eigenvalue weighted by Gasteiger charge is -2.16. The molecule has 2 aromatic rings. The third-order valence-corrected chi connectivity index (χ3v) is 3.31. The first-order chi connectivity index (χ1) is 9.78. The highest BCUT2D eigenvalue weighted by Gasteiger charge is 2.11. The Morgan fingerprint density at radius 1 is 1.45 bits per heavy atom. The molecule has 0 fully saturated rings. The fourth-order valence-corrected chi connectivity index (χ4v) is 2.30.